The Morgan fingerprint density at radius 2 is 1.95 bits per heavy atom. The maximum Gasteiger partial charge on any atom is 0.203 e. The second kappa shape index (κ2) is 4.59. The molecule has 0 aromatic heterocycles. The zero-order chi connectivity index (χ0) is 13.4. The molecule has 0 bridgehead atoms. The van der Waals surface area contributed by atoms with Crippen molar-refractivity contribution in [3.8, 4) is 11.5 Å². The second-order valence-electron chi connectivity index (χ2n) is 4.47. The molecule has 0 saturated heterocycles. The number of rotatable bonds is 2. The molecule has 0 aliphatic carbocycles. The number of aromatic hydroxyl groups is 1. The highest BCUT2D eigenvalue weighted by Gasteiger charge is 2.29. The minimum atomic E-state index is -0.516. The van der Waals surface area contributed by atoms with Crippen molar-refractivity contribution < 1.29 is 14.6 Å². The Kier molecular flexibility index (Phi) is 2.91. The van der Waals surface area contributed by atoms with Crippen molar-refractivity contribution in [3.05, 3.63) is 58.6 Å². The van der Waals surface area contributed by atoms with E-state index in [0.29, 0.717) is 22.8 Å². The van der Waals surface area contributed by atoms with Crippen LogP contribution in [0.2, 0.25) is 5.02 Å². The molecule has 2 aromatic rings. The fourth-order valence-electron chi connectivity index (χ4n) is 2.17. The zero-order valence-corrected chi connectivity index (χ0v) is 10.7. The third kappa shape index (κ3) is 2.29. The molecule has 3 rings (SSSR count). The van der Waals surface area contributed by atoms with Crippen LogP contribution in [-0.4, -0.2) is 17.0 Å². The molecule has 3 nitrogen and oxygen atoms in total. The predicted octanol–water partition coefficient (Wildman–Crippen LogP) is 3.23. The van der Waals surface area contributed by atoms with Crippen molar-refractivity contribution in [2.75, 3.05) is 0 Å². The van der Waals surface area contributed by atoms with E-state index in [1.54, 1.807) is 24.3 Å². The van der Waals surface area contributed by atoms with Crippen LogP contribution >= 0.6 is 11.6 Å². The molecule has 0 saturated carbocycles. The van der Waals surface area contributed by atoms with Crippen LogP contribution in [-0.2, 0) is 6.42 Å². The smallest absolute Gasteiger partial charge is 0.203 e. The van der Waals surface area contributed by atoms with Gasteiger partial charge in [0.1, 0.15) is 11.5 Å². The Balaban J connectivity index is 1.82. The van der Waals surface area contributed by atoms with Crippen molar-refractivity contribution in [1.82, 2.24) is 0 Å². The monoisotopic (exact) mass is 274 g/mol. The lowest BCUT2D eigenvalue weighted by atomic mass is 10.0. The van der Waals surface area contributed by atoms with Gasteiger partial charge >= 0.3 is 0 Å². The first kappa shape index (κ1) is 12.1. The van der Waals surface area contributed by atoms with Crippen molar-refractivity contribution in [2.24, 2.45) is 0 Å². The number of Topliss-reactive ketones (excluding diaryl/α,β-unsaturated/α-hetero) is 1. The molecule has 0 radical (unpaired) electrons. The first-order valence-corrected chi connectivity index (χ1v) is 6.29. The average molecular weight is 275 g/mol. The minimum Gasteiger partial charge on any atom is -0.508 e. The third-order valence-corrected chi connectivity index (χ3v) is 3.38. The van der Waals surface area contributed by atoms with E-state index in [4.69, 9.17) is 16.3 Å². The normalized spacial score (nSPS) is 16.8. The van der Waals surface area contributed by atoms with E-state index in [0.717, 1.165) is 5.56 Å². The third-order valence-electron chi connectivity index (χ3n) is 3.14. The van der Waals surface area contributed by atoms with E-state index in [-0.39, 0.29) is 11.5 Å². The number of phenols is 1. The number of hydrogen-bond donors (Lipinski definition) is 1. The molecule has 2 aromatic carbocycles. The largest absolute Gasteiger partial charge is 0.508 e. The maximum absolute atomic E-state index is 12.3. The number of ether oxygens (including phenoxy) is 1. The summed E-state index contributed by atoms with van der Waals surface area (Å²) in [5.41, 5.74) is 1.48. The van der Waals surface area contributed by atoms with Crippen LogP contribution in [0.4, 0.5) is 0 Å². The Labute approximate surface area is 115 Å². The van der Waals surface area contributed by atoms with Crippen molar-refractivity contribution in [1.29, 1.82) is 0 Å². The number of hydrogen-bond acceptors (Lipinski definition) is 3. The quantitative estimate of drug-likeness (QED) is 0.855. The summed E-state index contributed by atoms with van der Waals surface area (Å²) in [6.07, 6.45) is 0.00768. The molecule has 0 fully saturated rings. The van der Waals surface area contributed by atoms with E-state index >= 15 is 0 Å². The summed E-state index contributed by atoms with van der Waals surface area (Å²) in [6.45, 7) is 0. The lowest BCUT2D eigenvalue weighted by molar-refractivity contribution is 0.0825. The predicted molar refractivity (Wildman–Crippen MR) is 72.0 cm³/mol. The first-order chi connectivity index (χ1) is 9.13. The number of benzene rings is 2. The van der Waals surface area contributed by atoms with Gasteiger partial charge in [-0.1, -0.05) is 11.6 Å². The summed E-state index contributed by atoms with van der Waals surface area (Å²) in [5.74, 6) is 0.757. The van der Waals surface area contributed by atoms with Crippen LogP contribution in [0.1, 0.15) is 15.9 Å². The summed E-state index contributed by atoms with van der Waals surface area (Å²) in [6, 6.07) is 11.5. The van der Waals surface area contributed by atoms with Crippen LogP contribution in [0.3, 0.4) is 0 Å². The zero-order valence-electron chi connectivity index (χ0n) is 9.97. The minimum absolute atomic E-state index is 0.0904. The lowest BCUT2D eigenvalue weighted by Crippen LogP contribution is -2.25. The van der Waals surface area contributed by atoms with Gasteiger partial charge in [-0.2, -0.15) is 0 Å². The van der Waals surface area contributed by atoms with Crippen LogP contribution in [0.15, 0.2) is 42.5 Å². The Bertz CT molecular complexity index is 634. The summed E-state index contributed by atoms with van der Waals surface area (Å²) in [4.78, 5) is 12.3. The molecule has 96 valence electrons. The Morgan fingerprint density at radius 1 is 1.21 bits per heavy atom. The SMILES string of the molecule is O=C(c1ccc(O)cc1)C1Cc2cc(Cl)ccc2O1. The number of fused-ring (bicyclic) bond motifs is 1. The summed E-state index contributed by atoms with van der Waals surface area (Å²) in [7, 11) is 0. The van der Waals surface area contributed by atoms with Gasteiger partial charge in [-0.05, 0) is 48.0 Å². The van der Waals surface area contributed by atoms with Crippen molar-refractivity contribution in [3.63, 3.8) is 0 Å². The number of halogens is 1. The van der Waals surface area contributed by atoms with Gasteiger partial charge in [-0.25, -0.2) is 0 Å². The Hall–Kier alpha value is -2.00. The van der Waals surface area contributed by atoms with Crippen LogP contribution < -0.4 is 4.74 Å². The number of carbonyl (C=O) groups is 1. The lowest BCUT2D eigenvalue weighted by Gasteiger charge is -2.09. The van der Waals surface area contributed by atoms with Gasteiger partial charge in [0, 0.05) is 17.0 Å². The topological polar surface area (TPSA) is 46.5 Å². The van der Waals surface area contributed by atoms with Gasteiger partial charge in [0.15, 0.2) is 6.10 Å². The molecule has 1 atom stereocenters. The molecule has 0 amide bonds. The van der Waals surface area contributed by atoms with Gasteiger partial charge in [0.05, 0.1) is 0 Å². The van der Waals surface area contributed by atoms with Crippen molar-refractivity contribution >= 4 is 17.4 Å². The molecule has 1 heterocycles. The fraction of sp³-hybridized carbons (Fsp3) is 0.133. The van der Waals surface area contributed by atoms with Gasteiger partial charge in [0.2, 0.25) is 5.78 Å². The Morgan fingerprint density at radius 3 is 2.68 bits per heavy atom. The first-order valence-electron chi connectivity index (χ1n) is 5.92. The van der Waals surface area contributed by atoms with Crippen LogP contribution in [0.25, 0.3) is 0 Å². The standard InChI is InChI=1S/C15H11ClO3/c16-11-3-6-13-10(7-11)8-14(19-13)15(18)9-1-4-12(17)5-2-9/h1-7,14,17H,8H2. The molecular weight excluding hydrogens is 264 g/mol. The van der Waals surface area contributed by atoms with Crippen molar-refractivity contribution in [2.45, 2.75) is 12.5 Å². The molecule has 19 heavy (non-hydrogen) atoms. The van der Waals surface area contributed by atoms with E-state index < -0.39 is 6.10 Å². The molecular formula is C15H11ClO3. The molecule has 1 unspecified atom stereocenters. The fourth-order valence-corrected chi connectivity index (χ4v) is 2.37. The van der Waals surface area contributed by atoms with E-state index in [2.05, 4.69) is 0 Å². The molecule has 1 aliphatic heterocycles. The maximum atomic E-state index is 12.3. The second-order valence-corrected chi connectivity index (χ2v) is 4.91. The van der Waals surface area contributed by atoms with Gasteiger partial charge in [-0.15, -0.1) is 0 Å². The molecule has 4 heteroatoms. The van der Waals surface area contributed by atoms with Crippen LogP contribution in [0.5, 0.6) is 11.5 Å². The van der Waals surface area contributed by atoms with Gasteiger partial charge in [-0.3, -0.25) is 4.79 Å². The highest BCUT2D eigenvalue weighted by Crippen LogP contribution is 2.32. The van der Waals surface area contributed by atoms with Gasteiger partial charge < -0.3 is 9.84 Å². The molecule has 1 aliphatic rings. The summed E-state index contributed by atoms with van der Waals surface area (Å²) in [5, 5.41) is 9.86. The van der Waals surface area contributed by atoms with E-state index in [1.807, 2.05) is 6.07 Å². The van der Waals surface area contributed by atoms with E-state index in [1.165, 1.54) is 12.1 Å². The highest BCUT2D eigenvalue weighted by molar-refractivity contribution is 6.30. The number of carbonyl (C=O) groups excluding carboxylic acids is 1. The molecule has 1 N–H and O–H groups in total. The summed E-state index contributed by atoms with van der Waals surface area (Å²) >= 11 is 5.92. The van der Waals surface area contributed by atoms with Gasteiger partial charge in [0.25, 0.3) is 0 Å². The average Bonchev–Trinajstić information content (AvgIpc) is 2.81. The van der Waals surface area contributed by atoms with Crippen LogP contribution in [0, 0.1) is 0 Å². The van der Waals surface area contributed by atoms with E-state index in [9.17, 15) is 9.90 Å². The highest BCUT2D eigenvalue weighted by atomic mass is 35.5. The summed E-state index contributed by atoms with van der Waals surface area (Å²) < 4.78 is 5.64. The molecule has 0 spiro atoms. The number of phenolic OH excluding ortho intramolecular Hbond substituents is 1. The number of ketones is 1.